The SMILES string of the molecule is Cc1ccc(N2CCOCC2CN)nc1. The van der Waals surface area contributed by atoms with E-state index >= 15 is 0 Å². The molecule has 2 heterocycles. The summed E-state index contributed by atoms with van der Waals surface area (Å²) in [6, 6.07) is 4.38. The van der Waals surface area contributed by atoms with E-state index < -0.39 is 0 Å². The van der Waals surface area contributed by atoms with Gasteiger partial charge in [-0.2, -0.15) is 0 Å². The quantitative estimate of drug-likeness (QED) is 0.769. The maximum Gasteiger partial charge on any atom is 0.128 e. The molecule has 1 fully saturated rings. The number of pyridine rings is 1. The van der Waals surface area contributed by atoms with Crippen LogP contribution in [0.25, 0.3) is 0 Å². The molecule has 2 rings (SSSR count). The molecule has 0 aliphatic carbocycles. The standard InChI is InChI=1S/C11H17N3O/c1-9-2-3-11(13-7-9)14-4-5-15-8-10(14)6-12/h2-3,7,10H,4-6,8,12H2,1H3. The van der Waals surface area contributed by atoms with E-state index in [-0.39, 0.29) is 6.04 Å². The number of aryl methyl sites for hydroxylation is 1. The minimum Gasteiger partial charge on any atom is -0.377 e. The normalized spacial score (nSPS) is 21.7. The molecule has 4 heteroatoms. The second-order valence-corrected chi connectivity index (χ2v) is 3.85. The van der Waals surface area contributed by atoms with Crippen LogP contribution >= 0.6 is 0 Å². The molecule has 0 aromatic carbocycles. The highest BCUT2D eigenvalue weighted by Crippen LogP contribution is 2.16. The van der Waals surface area contributed by atoms with Crippen molar-refractivity contribution in [3.63, 3.8) is 0 Å². The van der Waals surface area contributed by atoms with Gasteiger partial charge >= 0.3 is 0 Å². The van der Waals surface area contributed by atoms with Crippen molar-refractivity contribution in [3.8, 4) is 0 Å². The number of anilines is 1. The number of nitrogens with zero attached hydrogens (tertiary/aromatic N) is 2. The average Bonchev–Trinajstić information content (AvgIpc) is 2.30. The van der Waals surface area contributed by atoms with Crippen LogP contribution in [0.3, 0.4) is 0 Å². The summed E-state index contributed by atoms with van der Waals surface area (Å²) in [6.45, 7) is 4.97. The van der Waals surface area contributed by atoms with Crippen LogP contribution in [0.15, 0.2) is 18.3 Å². The second kappa shape index (κ2) is 4.59. The predicted octanol–water partition coefficient (Wildman–Crippen LogP) is 0.554. The summed E-state index contributed by atoms with van der Waals surface area (Å²) in [6.07, 6.45) is 1.89. The third-order valence-corrected chi connectivity index (χ3v) is 2.69. The fourth-order valence-electron chi connectivity index (χ4n) is 1.78. The van der Waals surface area contributed by atoms with E-state index in [1.807, 2.05) is 19.2 Å². The van der Waals surface area contributed by atoms with Crippen molar-refractivity contribution in [2.45, 2.75) is 13.0 Å². The summed E-state index contributed by atoms with van der Waals surface area (Å²) in [5.74, 6) is 0.999. The van der Waals surface area contributed by atoms with Crippen molar-refractivity contribution in [2.75, 3.05) is 31.2 Å². The van der Waals surface area contributed by atoms with Gasteiger partial charge in [0.15, 0.2) is 0 Å². The molecule has 0 radical (unpaired) electrons. The lowest BCUT2D eigenvalue weighted by molar-refractivity contribution is 0.0958. The number of aromatic nitrogens is 1. The first-order valence-electron chi connectivity index (χ1n) is 5.28. The molecule has 2 N–H and O–H groups in total. The number of hydrogen-bond donors (Lipinski definition) is 1. The summed E-state index contributed by atoms with van der Waals surface area (Å²) in [4.78, 5) is 6.64. The lowest BCUT2D eigenvalue weighted by atomic mass is 10.2. The van der Waals surface area contributed by atoms with E-state index in [4.69, 9.17) is 10.5 Å². The van der Waals surface area contributed by atoms with Gasteiger partial charge in [0.25, 0.3) is 0 Å². The molecule has 0 spiro atoms. The van der Waals surface area contributed by atoms with Crippen molar-refractivity contribution in [2.24, 2.45) is 5.73 Å². The second-order valence-electron chi connectivity index (χ2n) is 3.85. The zero-order chi connectivity index (χ0) is 10.7. The van der Waals surface area contributed by atoms with Gasteiger partial charge in [0.05, 0.1) is 19.3 Å². The molecule has 4 nitrogen and oxygen atoms in total. The smallest absolute Gasteiger partial charge is 0.128 e. The third-order valence-electron chi connectivity index (χ3n) is 2.69. The van der Waals surface area contributed by atoms with Crippen molar-refractivity contribution in [1.29, 1.82) is 0 Å². The fourth-order valence-corrected chi connectivity index (χ4v) is 1.78. The van der Waals surface area contributed by atoms with Crippen LogP contribution in [0, 0.1) is 6.92 Å². The zero-order valence-electron chi connectivity index (χ0n) is 9.02. The Balaban J connectivity index is 2.16. The lowest BCUT2D eigenvalue weighted by Crippen LogP contribution is -2.49. The molecular weight excluding hydrogens is 190 g/mol. The molecule has 15 heavy (non-hydrogen) atoms. The van der Waals surface area contributed by atoms with Crippen molar-refractivity contribution in [1.82, 2.24) is 4.98 Å². The van der Waals surface area contributed by atoms with Crippen LogP contribution in [0.5, 0.6) is 0 Å². The Bertz CT molecular complexity index is 312. The Morgan fingerprint density at radius 2 is 2.47 bits per heavy atom. The number of rotatable bonds is 2. The van der Waals surface area contributed by atoms with E-state index in [9.17, 15) is 0 Å². The highest BCUT2D eigenvalue weighted by molar-refractivity contribution is 5.41. The summed E-state index contributed by atoms with van der Waals surface area (Å²) in [5, 5.41) is 0. The Morgan fingerprint density at radius 3 is 3.13 bits per heavy atom. The molecule has 1 atom stereocenters. The van der Waals surface area contributed by atoms with Crippen LogP contribution in [-0.4, -0.2) is 37.3 Å². The zero-order valence-corrected chi connectivity index (χ0v) is 9.02. The number of morpholine rings is 1. The minimum absolute atomic E-state index is 0.258. The lowest BCUT2D eigenvalue weighted by Gasteiger charge is -2.35. The summed E-state index contributed by atoms with van der Waals surface area (Å²) < 4.78 is 5.40. The van der Waals surface area contributed by atoms with Gasteiger partial charge in [0.1, 0.15) is 5.82 Å². The van der Waals surface area contributed by atoms with Crippen molar-refractivity contribution < 1.29 is 4.74 Å². The largest absolute Gasteiger partial charge is 0.377 e. The minimum atomic E-state index is 0.258. The number of ether oxygens (including phenoxy) is 1. The maximum absolute atomic E-state index is 5.71. The van der Waals surface area contributed by atoms with Crippen LogP contribution < -0.4 is 10.6 Å². The molecule has 1 unspecified atom stereocenters. The third kappa shape index (κ3) is 2.27. The predicted molar refractivity (Wildman–Crippen MR) is 60.0 cm³/mol. The summed E-state index contributed by atoms with van der Waals surface area (Å²) >= 11 is 0. The molecule has 1 aliphatic rings. The van der Waals surface area contributed by atoms with Gasteiger partial charge in [-0.3, -0.25) is 0 Å². The average molecular weight is 207 g/mol. The van der Waals surface area contributed by atoms with Gasteiger partial charge in [0.2, 0.25) is 0 Å². The summed E-state index contributed by atoms with van der Waals surface area (Å²) in [5.41, 5.74) is 6.89. The van der Waals surface area contributed by atoms with Crippen LogP contribution in [-0.2, 0) is 4.74 Å². The topological polar surface area (TPSA) is 51.4 Å². The van der Waals surface area contributed by atoms with Gasteiger partial charge in [0, 0.05) is 19.3 Å². The molecule has 1 saturated heterocycles. The number of hydrogen-bond acceptors (Lipinski definition) is 4. The van der Waals surface area contributed by atoms with Gasteiger partial charge in [-0.15, -0.1) is 0 Å². The van der Waals surface area contributed by atoms with Crippen LogP contribution in [0.4, 0.5) is 5.82 Å². The van der Waals surface area contributed by atoms with Gasteiger partial charge in [-0.05, 0) is 18.6 Å². The molecule has 1 aromatic heterocycles. The van der Waals surface area contributed by atoms with Crippen LogP contribution in [0.1, 0.15) is 5.56 Å². The van der Waals surface area contributed by atoms with Crippen molar-refractivity contribution in [3.05, 3.63) is 23.9 Å². The first kappa shape index (κ1) is 10.4. The van der Waals surface area contributed by atoms with E-state index in [2.05, 4.69) is 16.0 Å². The Labute approximate surface area is 90.0 Å². The summed E-state index contributed by atoms with van der Waals surface area (Å²) in [7, 11) is 0. The Kier molecular flexibility index (Phi) is 3.18. The monoisotopic (exact) mass is 207 g/mol. The van der Waals surface area contributed by atoms with Crippen LogP contribution in [0.2, 0.25) is 0 Å². The van der Waals surface area contributed by atoms with E-state index in [0.717, 1.165) is 19.0 Å². The highest BCUT2D eigenvalue weighted by Gasteiger charge is 2.22. The molecule has 1 aliphatic heterocycles. The maximum atomic E-state index is 5.71. The van der Waals surface area contributed by atoms with Gasteiger partial charge in [-0.25, -0.2) is 4.98 Å². The fraction of sp³-hybridized carbons (Fsp3) is 0.545. The molecule has 82 valence electrons. The van der Waals surface area contributed by atoms with E-state index in [0.29, 0.717) is 13.2 Å². The molecule has 0 amide bonds. The van der Waals surface area contributed by atoms with Gasteiger partial charge < -0.3 is 15.4 Å². The first-order valence-corrected chi connectivity index (χ1v) is 5.28. The first-order chi connectivity index (χ1) is 7.31. The number of nitrogens with two attached hydrogens (primary N) is 1. The molecular formula is C11H17N3O. The van der Waals surface area contributed by atoms with E-state index in [1.165, 1.54) is 5.56 Å². The molecule has 0 bridgehead atoms. The van der Waals surface area contributed by atoms with Crippen molar-refractivity contribution >= 4 is 5.82 Å². The molecule has 0 saturated carbocycles. The van der Waals surface area contributed by atoms with Gasteiger partial charge in [-0.1, -0.05) is 6.07 Å². The molecule has 1 aromatic rings. The highest BCUT2D eigenvalue weighted by atomic mass is 16.5. The Morgan fingerprint density at radius 1 is 1.60 bits per heavy atom. The Hall–Kier alpha value is -1.13. The van der Waals surface area contributed by atoms with E-state index in [1.54, 1.807) is 0 Å².